The number of ether oxygens (including phenoxy) is 1. The molecule has 3 heteroatoms. The molecule has 1 aromatic heterocycles. The molecule has 2 aromatic carbocycles. The first kappa shape index (κ1) is 12.7. The zero-order valence-electron chi connectivity index (χ0n) is 11.8. The van der Waals surface area contributed by atoms with Crippen LogP contribution in [0.3, 0.4) is 0 Å². The molecule has 3 aromatic rings. The van der Waals surface area contributed by atoms with Crippen molar-refractivity contribution < 1.29 is 4.74 Å². The Hall–Kier alpha value is -2.29. The van der Waals surface area contributed by atoms with Gasteiger partial charge in [0.25, 0.3) is 0 Å². The molecule has 0 aliphatic heterocycles. The molecule has 20 heavy (non-hydrogen) atoms. The topological polar surface area (TPSA) is 27.1 Å². The molecule has 3 nitrogen and oxygen atoms in total. The third kappa shape index (κ3) is 2.27. The van der Waals surface area contributed by atoms with E-state index in [0.717, 1.165) is 30.1 Å². The van der Waals surface area contributed by atoms with Gasteiger partial charge in [-0.2, -0.15) is 0 Å². The van der Waals surface area contributed by atoms with Gasteiger partial charge >= 0.3 is 0 Å². The summed E-state index contributed by atoms with van der Waals surface area (Å²) in [6, 6.07) is 16.5. The van der Waals surface area contributed by atoms with Crippen LogP contribution in [0.15, 0.2) is 48.5 Å². The van der Waals surface area contributed by atoms with Crippen molar-refractivity contribution in [2.45, 2.75) is 19.9 Å². The number of benzene rings is 2. The number of aromatic nitrogens is 2. The van der Waals surface area contributed by atoms with Gasteiger partial charge in [0.15, 0.2) is 0 Å². The van der Waals surface area contributed by atoms with Crippen molar-refractivity contribution >= 4 is 11.0 Å². The van der Waals surface area contributed by atoms with Gasteiger partial charge in [0.1, 0.15) is 11.6 Å². The fourth-order valence-corrected chi connectivity index (χ4v) is 2.49. The molecule has 0 saturated carbocycles. The normalized spacial score (nSPS) is 10.9. The standard InChI is InChI=1S/C17H18N2O/c1-3-17-18-15-6-4-5-7-16(15)19(17)12-13-8-10-14(20-2)11-9-13/h4-11H,3,12H2,1-2H3. The molecule has 0 N–H and O–H groups in total. The fourth-order valence-electron chi connectivity index (χ4n) is 2.49. The zero-order chi connectivity index (χ0) is 13.9. The zero-order valence-corrected chi connectivity index (χ0v) is 11.8. The highest BCUT2D eigenvalue weighted by atomic mass is 16.5. The minimum absolute atomic E-state index is 0.841. The quantitative estimate of drug-likeness (QED) is 0.720. The summed E-state index contributed by atoms with van der Waals surface area (Å²) in [5.41, 5.74) is 3.52. The second kappa shape index (κ2) is 5.37. The predicted molar refractivity (Wildman–Crippen MR) is 81.2 cm³/mol. The average Bonchev–Trinajstić information content (AvgIpc) is 2.86. The van der Waals surface area contributed by atoms with Gasteiger partial charge in [-0.25, -0.2) is 4.98 Å². The summed E-state index contributed by atoms with van der Waals surface area (Å²) in [4.78, 5) is 4.70. The van der Waals surface area contributed by atoms with E-state index >= 15 is 0 Å². The fraction of sp³-hybridized carbons (Fsp3) is 0.235. The number of para-hydroxylation sites is 2. The Labute approximate surface area is 118 Å². The first-order valence-electron chi connectivity index (χ1n) is 6.89. The van der Waals surface area contributed by atoms with Gasteiger partial charge in [0, 0.05) is 13.0 Å². The lowest BCUT2D eigenvalue weighted by Crippen LogP contribution is -2.04. The number of methoxy groups -OCH3 is 1. The third-order valence-electron chi connectivity index (χ3n) is 3.55. The van der Waals surface area contributed by atoms with E-state index in [2.05, 4.69) is 41.8 Å². The summed E-state index contributed by atoms with van der Waals surface area (Å²) in [7, 11) is 1.69. The van der Waals surface area contributed by atoms with Gasteiger partial charge in [-0.05, 0) is 29.8 Å². The second-order valence-corrected chi connectivity index (χ2v) is 4.80. The van der Waals surface area contributed by atoms with Crippen molar-refractivity contribution in [1.82, 2.24) is 9.55 Å². The summed E-state index contributed by atoms with van der Waals surface area (Å²) >= 11 is 0. The number of nitrogens with zero attached hydrogens (tertiary/aromatic N) is 2. The lowest BCUT2D eigenvalue weighted by atomic mass is 10.2. The van der Waals surface area contributed by atoms with Crippen LogP contribution in [0.5, 0.6) is 5.75 Å². The Kier molecular flexibility index (Phi) is 3.42. The number of aryl methyl sites for hydroxylation is 1. The number of rotatable bonds is 4. The minimum Gasteiger partial charge on any atom is -0.497 e. The van der Waals surface area contributed by atoms with Crippen LogP contribution in [0.2, 0.25) is 0 Å². The smallest absolute Gasteiger partial charge is 0.118 e. The Morgan fingerprint density at radius 1 is 1.05 bits per heavy atom. The van der Waals surface area contributed by atoms with E-state index in [1.807, 2.05) is 18.2 Å². The lowest BCUT2D eigenvalue weighted by Gasteiger charge is -2.09. The van der Waals surface area contributed by atoms with Crippen molar-refractivity contribution in [3.8, 4) is 5.75 Å². The molecule has 0 saturated heterocycles. The molecule has 0 amide bonds. The van der Waals surface area contributed by atoms with E-state index in [9.17, 15) is 0 Å². The average molecular weight is 266 g/mol. The second-order valence-electron chi connectivity index (χ2n) is 4.80. The van der Waals surface area contributed by atoms with E-state index in [1.165, 1.54) is 11.1 Å². The van der Waals surface area contributed by atoms with Crippen LogP contribution < -0.4 is 4.74 Å². The molecule has 102 valence electrons. The largest absolute Gasteiger partial charge is 0.497 e. The van der Waals surface area contributed by atoms with Gasteiger partial charge in [0.05, 0.1) is 18.1 Å². The van der Waals surface area contributed by atoms with Gasteiger partial charge < -0.3 is 9.30 Å². The SMILES string of the molecule is CCc1nc2ccccc2n1Cc1ccc(OC)cc1. The van der Waals surface area contributed by atoms with Crippen molar-refractivity contribution in [2.24, 2.45) is 0 Å². The number of hydrogen-bond donors (Lipinski definition) is 0. The number of hydrogen-bond acceptors (Lipinski definition) is 2. The van der Waals surface area contributed by atoms with Gasteiger partial charge in [0.2, 0.25) is 0 Å². The van der Waals surface area contributed by atoms with Crippen LogP contribution in [0.1, 0.15) is 18.3 Å². The molecule has 0 radical (unpaired) electrons. The van der Waals surface area contributed by atoms with Crippen molar-refractivity contribution in [2.75, 3.05) is 7.11 Å². The first-order chi connectivity index (χ1) is 9.81. The molecule has 0 aliphatic rings. The highest BCUT2D eigenvalue weighted by Gasteiger charge is 2.09. The molecule has 0 fully saturated rings. The molecule has 0 aliphatic carbocycles. The highest BCUT2D eigenvalue weighted by molar-refractivity contribution is 5.76. The van der Waals surface area contributed by atoms with E-state index in [-0.39, 0.29) is 0 Å². The Morgan fingerprint density at radius 2 is 1.80 bits per heavy atom. The van der Waals surface area contributed by atoms with Crippen LogP contribution in [-0.2, 0) is 13.0 Å². The summed E-state index contributed by atoms with van der Waals surface area (Å²) < 4.78 is 7.49. The lowest BCUT2D eigenvalue weighted by molar-refractivity contribution is 0.414. The molecule has 1 heterocycles. The maximum atomic E-state index is 5.20. The molecule has 3 rings (SSSR count). The van der Waals surface area contributed by atoms with E-state index in [0.29, 0.717) is 0 Å². The van der Waals surface area contributed by atoms with Crippen LogP contribution in [-0.4, -0.2) is 16.7 Å². The Bertz CT molecular complexity index is 713. The predicted octanol–water partition coefficient (Wildman–Crippen LogP) is 3.66. The van der Waals surface area contributed by atoms with Gasteiger partial charge in [-0.3, -0.25) is 0 Å². The minimum atomic E-state index is 0.841. The van der Waals surface area contributed by atoms with Crippen molar-refractivity contribution in [3.63, 3.8) is 0 Å². The monoisotopic (exact) mass is 266 g/mol. The maximum absolute atomic E-state index is 5.20. The summed E-state index contributed by atoms with van der Waals surface area (Å²) in [5.74, 6) is 2.02. The first-order valence-corrected chi connectivity index (χ1v) is 6.89. The molecule has 0 unspecified atom stereocenters. The molecule has 0 bridgehead atoms. The number of fused-ring (bicyclic) bond motifs is 1. The van der Waals surface area contributed by atoms with E-state index in [4.69, 9.17) is 9.72 Å². The maximum Gasteiger partial charge on any atom is 0.118 e. The van der Waals surface area contributed by atoms with E-state index in [1.54, 1.807) is 7.11 Å². The van der Waals surface area contributed by atoms with Crippen LogP contribution in [0, 0.1) is 0 Å². The Morgan fingerprint density at radius 3 is 2.50 bits per heavy atom. The molecular formula is C17H18N2O. The summed E-state index contributed by atoms with van der Waals surface area (Å²) in [6.07, 6.45) is 0.935. The molecular weight excluding hydrogens is 248 g/mol. The third-order valence-corrected chi connectivity index (χ3v) is 3.55. The van der Waals surface area contributed by atoms with Crippen LogP contribution >= 0.6 is 0 Å². The van der Waals surface area contributed by atoms with Crippen LogP contribution in [0.25, 0.3) is 11.0 Å². The number of imidazole rings is 1. The highest BCUT2D eigenvalue weighted by Crippen LogP contribution is 2.19. The Balaban J connectivity index is 2.00. The molecule has 0 spiro atoms. The van der Waals surface area contributed by atoms with Crippen LogP contribution in [0.4, 0.5) is 0 Å². The summed E-state index contributed by atoms with van der Waals surface area (Å²) in [6.45, 7) is 2.99. The van der Waals surface area contributed by atoms with Gasteiger partial charge in [-0.1, -0.05) is 31.2 Å². The van der Waals surface area contributed by atoms with E-state index < -0.39 is 0 Å². The van der Waals surface area contributed by atoms with Gasteiger partial charge in [-0.15, -0.1) is 0 Å². The summed E-state index contributed by atoms with van der Waals surface area (Å²) in [5, 5.41) is 0. The van der Waals surface area contributed by atoms with Crippen molar-refractivity contribution in [3.05, 3.63) is 59.9 Å². The van der Waals surface area contributed by atoms with Crippen molar-refractivity contribution in [1.29, 1.82) is 0 Å². The molecule has 0 atom stereocenters.